The highest BCUT2D eigenvalue weighted by Gasteiger charge is 2.14. The lowest BCUT2D eigenvalue weighted by Crippen LogP contribution is -2.27. The first-order valence-electron chi connectivity index (χ1n) is 8.42. The first kappa shape index (κ1) is 18.7. The van der Waals surface area contributed by atoms with Crippen molar-refractivity contribution in [3.8, 4) is 0 Å². The molecule has 134 valence electrons. The average molecular weight is 354 g/mol. The number of ether oxygens (including phenoxy) is 1. The number of hydrogen-bond acceptors (Lipinski definition) is 4. The van der Waals surface area contributed by atoms with Gasteiger partial charge >= 0.3 is 0 Å². The molecule has 2 N–H and O–H groups in total. The highest BCUT2D eigenvalue weighted by atomic mass is 32.2. The van der Waals surface area contributed by atoms with Crippen molar-refractivity contribution in [3.63, 3.8) is 0 Å². The van der Waals surface area contributed by atoms with E-state index in [1.54, 1.807) is 24.3 Å². The molecule has 1 amide bonds. The van der Waals surface area contributed by atoms with Gasteiger partial charge in [-0.2, -0.15) is 0 Å². The fourth-order valence-corrected chi connectivity index (χ4v) is 3.40. The van der Waals surface area contributed by atoms with Gasteiger partial charge in [0.25, 0.3) is 5.91 Å². The number of amides is 1. The Kier molecular flexibility index (Phi) is 7.05. The van der Waals surface area contributed by atoms with E-state index in [0.717, 1.165) is 25.5 Å². The zero-order valence-corrected chi connectivity index (χ0v) is 14.9. The van der Waals surface area contributed by atoms with Crippen LogP contribution < -0.4 is 10.0 Å². The SMILES string of the molecule is CS(=O)(=O)Nc1ccccc1C(=O)NCCCOC1CCCCC1. The lowest BCUT2D eigenvalue weighted by Gasteiger charge is -2.21. The molecule has 0 radical (unpaired) electrons. The van der Waals surface area contributed by atoms with Gasteiger partial charge in [0, 0.05) is 13.2 Å². The molecule has 0 spiro atoms. The van der Waals surface area contributed by atoms with Crippen molar-refractivity contribution in [1.29, 1.82) is 0 Å². The molecule has 1 saturated carbocycles. The highest BCUT2D eigenvalue weighted by molar-refractivity contribution is 7.92. The van der Waals surface area contributed by atoms with Gasteiger partial charge in [-0.25, -0.2) is 8.42 Å². The summed E-state index contributed by atoms with van der Waals surface area (Å²) in [6.07, 6.45) is 8.23. The Bertz CT molecular complexity index is 640. The highest BCUT2D eigenvalue weighted by Crippen LogP contribution is 2.20. The van der Waals surface area contributed by atoms with Crippen LogP contribution >= 0.6 is 0 Å². The van der Waals surface area contributed by atoms with Crippen molar-refractivity contribution in [2.75, 3.05) is 24.1 Å². The van der Waals surface area contributed by atoms with Gasteiger partial charge < -0.3 is 10.1 Å². The van der Waals surface area contributed by atoms with Crippen LogP contribution in [0.15, 0.2) is 24.3 Å². The predicted molar refractivity (Wildman–Crippen MR) is 94.7 cm³/mol. The number of nitrogens with one attached hydrogen (secondary N) is 2. The maximum absolute atomic E-state index is 12.2. The van der Waals surface area contributed by atoms with Crippen LogP contribution in [-0.2, 0) is 14.8 Å². The van der Waals surface area contributed by atoms with Gasteiger partial charge in [-0.15, -0.1) is 0 Å². The summed E-state index contributed by atoms with van der Waals surface area (Å²) in [7, 11) is -3.42. The van der Waals surface area contributed by atoms with Crippen molar-refractivity contribution in [3.05, 3.63) is 29.8 Å². The van der Waals surface area contributed by atoms with Gasteiger partial charge in [-0.3, -0.25) is 9.52 Å². The molecule has 0 atom stereocenters. The average Bonchev–Trinajstić information content (AvgIpc) is 2.54. The Morgan fingerprint density at radius 3 is 2.62 bits per heavy atom. The summed E-state index contributed by atoms with van der Waals surface area (Å²) in [6, 6.07) is 6.56. The molecule has 0 unspecified atom stereocenters. The third-order valence-corrected chi connectivity index (χ3v) is 4.57. The van der Waals surface area contributed by atoms with Crippen LogP contribution in [0.5, 0.6) is 0 Å². The van der Waals surface area contributed by atoms with Crippen LogP contribution in [-0.4, -0.2) is 39.8 Å². The number of hydrogen-bond donors (Lipinski definition) is 2. The molecule has 0 bridgehead atoms. The van der Waals surface area contributed by atoms with E-state index in [2.05, 4.69) is 10.0 Å². The summed E-state index contributed by atoms with van der Waals surface area (Å²) in [6.45, 7) is 1.13. The van der Waals surface area contributed by atoms with Crippen molar-refractivity contribution in [2.45, 2.75) is 44.6 Å². The van der Waals surface area contributed by atoms with Gasteiger partial charge in [0.05, 0.1) is 23.6 Å². The molecule has 0 heterocycles. The number of sulfonamides is 1. The Morgan fingerprint density at radius 1 is 1.21 bits per heavy atom. The van der Waals surface area contributed by atoms with Gasteiger partial charge in [0.1, 0.15) is 0 Å². The number of rotatable bonds is 8. The van der Waals surface area contributed by atoms with E-state index in [9.17, 15) is 13.2 Å². The summed E-state index contributed by atoms with van der Waals surface area (Å²) in [4.78, 5) is 12.2. The third-order valence-electron chi connectivity index (χ3n) is 3.98. The molecule has 24 heavy (non-hydrogen) atoms. The number of benzene rings is 1. The van der Waals surface area contributed by atoms with Crippen molar-refractivity contribution < 1.29 is 17.9 Å². The lowest BCUT2D eigenvalue weighted by molar-refractivity contribution is 0.0273. The van der Waals surface area contributed by atoms with Gasteiger partial charge in [0.15, 0.2) is 0 Å². The van der Waals surface area contributed by atoms with E-state index < -0.39 is 10.0 Å². The molecule has 0 aliphatic heterocycles. The van der Waals surface area contributed by atoms with Gasteiger partial charge in [-0.1, -0.05) is 31.4 Å². The van der Waals surface area contributed by atoms with Crippen LogP contribution in [0.4, 0.5) is 5.69 Å². The monoisotopic (exact) mass is 354 g/mol. The molecule has 0 saturated heterocycles. The van der Waals surface area contributed by atoms with Gasteiger partial charge in [0.2, 0.25) is 10.0 Å². The lowest BCUT2D eigenvalue weighted by atomic mass is 9.98. The summed E-state index contributed by atoms with van der Waals surface area (Å²) in [5.41, 5.74) is 0.604. The molecule has 6 nitrogen and oxygen atoms in total. The topological polar surface area (TPSA) is 84.5 Å². The standard InChI is InChI=1S/C17H26N2O4S/c1-24(21,22)19-16-11-6-5-10-15(16)17(20)18-12-7-13-23-14-8-3-2-4-9-14/h5-6,10-11,14,19H,2-4,7-9,12-13H2,1H3,(H,18,20). The zero-order valence-electron chi connectivity index (χ0n) is 14.1. The summed E-state index contributed by atoms with van der Waals surface area (Å²) >= 11 is 0. The largest absolute Gasteiger partial charge is 0.378 e. The van der Waals surface area contributed by atoms with E-state index in [-0.39, 0.29) is 11.6 Å². The normalized spacial score (nSPS) is 15.9. The Morgan fingerprint density at radius 2 is 1.92 bits per heavy atom. The van der Waals surface area contributed by atoms with Gasteiger partial charge in [-0.05, 0) is 31.4 Å². The quantitative estimate of drug-likeness (QED) is 0.703. The second kappa shape index (κ2) is 9.03. The smallest absolute Gasteiger partial charge is 0.253 e. The molecular formula is C17H26N2O4S. The molecule has 1 aromatic rings. The Labute approximate surface area is 144 Å². The summed E-state index contributed by atoms with van der Waals surface area (Å²) in [5, 5.41) is 2.81. The second-order valence-electron chi connectivity index (χ2n) is 6.16. The molecule has 1 aliphatic rings. The van der Waals surface area contributed by atoms with E-state index in [0.29, 0.717) is 24.8 Å². The minimum absolute atomic E-state index is 0.288. The maximum Gasteiger partial charge on any atom is 0.253 e. The van der Waals surface area contributed by atoms with E-state index in [1.807, 2.05) is 0 Å². The van der Waals surface area contributed by atoms with Crippen LogP contribution in [0.3, 0.4) is 0 Å². The molecule has 1 fully saturated rings. The van der Waals surface area contributed by atoms with Crippen molar-refractivity contribution in [2.24, 2.45) is 0 Å². The van der Waals surface area contributed by atoms with Crippen molar-refractivity contribution >= 4 is 21.6 Å². The van der Waals surface area contributed by atoms with Crippen LogP contribution in [0, 0.1) is 0 Å². The predicted octanol–water partition coefficient (Wildman–Crippen LogP) is 2.53. The van der Waals surface area contributed by atoms with E-state index in [4.69, 9.17) is 4.74 Å². The number of anilines is 1. The first-order chi connectivity index (χ1) is 11.5. The Hall–Kier alpha value is -1.60. The van der Waals surface area contributed by atoms with Crippen LogP contribution in [0.2, 0.25) is 0 Å². The second-order valence-corrected chi connectivity index (χ2v) is 7.91. The minimum Gasteiger partial charge on any atom is -0.378 e. The van der Waals surface area contributed by atoms with Crippen LogP contribution in [0.1, 0.15) is 48.9 Å². The van der Waals surface area contributed by atoms with E-state index in [1.165, 1.54) is 19.3 Å². The minimum atomic E-state index is -3.42. The summed E-state index contributed by atoms with van der Waals surface area (Å²) < 4.78 is 30.9. The third kappa shape index (κ3) is 6.49. The molecule has 1 aliphatic carbocycles. The molecule has 7 heteroatoms. The summed E-state index contributed by atoms with van der Waals surface area (Å²) in [5.74, 6) is -0.292. The Balaban J connectivity index is 1.76. The van der Waals surface area contributed by atoms with E-state index >= 15 is 0 Å². The first-order valence-corrected chi connectivity index (χ1v) is 10.3. The number of para-hydroxylation sites is 1. The molecule has 0 aromatic heterocycles. The fourth-order valence-electron chi connectivity index (χ4n) is 2.82. The molecular weight excluding hydrogens is 328 g/mol. The maximum atomic E-state index is 12.2. The van der Waals surface area contributed by atoms with Crippen molar-refractivity contribution in [1.82, 2.24) is 5.32 Å². The number of carbonyl (C=O) groups is 1. The van der Waals surface area contributed by atoms with Crippen LogP contribution in [0.25, 0.3) is 0 Å². The zero-order chi connectivity index (χ0) is 17.4. The molecule has 1 aromatic carbocycles. The fraction of sp³-hybridized carbons (Fsp3) is 0.588. The number of carbonyl (C=O) groups excluding carboxylic acids is 1. The molecule has 2 rings (SSSR count).